The lowest BCUT2D eigenvalue weighted by atomic mass is 9.96. The van der Waals surface area contributed by atoms with Crippen LogP contribution in [0.25, 0.3) is 0 Å². The number of hydrogen-bond donors (Lipinski definition) is 1. The summed E-state index contributed by atoms with van der Waals surface area (Å²) >= 11 is 0. The third-order valence-electron chi connectivity index (χ3n) is 5.59. The zero-order valence-corrected chi connectivity index (χ0v) is 14.9. The molecule has 0 bridgehead atoms. The number of anilines is 1. The molecule has 0 unspecified atom stereocenters. The largest absolute Gasteiger partial charge is 0.352 e. The third-order valence-corrected chi connectivity index (χ3v) is 5.59. The molecule has 1 atom stereocenters. The number of benzene rings is 1. The molecule has 1 saturated carbocycles. The van der Waals surface area contributed by atoms with E-state index in [1.165, 1.54) is 0 Å². The van der Waals surface area contributed by atoms with Crippen LogP contribution in [0.4, 0.5) is 5.69 Å². The zero-order valence-electron chi connectivity index (χ0n) is 14.9. The fourth-order valence-corrected chi connectivity index (χ4v) is 3.87. The number of carbonyl (C=O) groups is 3. The van der Waals surface area contributed by atoms with Gasteiger partial charge in [0.25, 0.3) is 0 Å². The number of likely N-dealkylation sites (tertiary alicyclic amines) is 1. The highest BCUT2D eigenvalue weighted by atomic mass is 16.2. The summed E-state index contributed by atoms with van der Waals surface area (Å²) in [4.78, 5) is 39.9. The number of rotatable bonds is 5. The fraction of sp³-hybridized carbons (Fsp3) is 0.550. The van der Waals surface area contributed by atoms with Crippen molar-refractivity contribution in [3.05, 3.63) is 29.8 Å². The van der Waals surface area contributed by atoms with Crippen molar-refractivity contribution in [3.8, 4) is 0 Å². The molecule has 1 aromatic carbocycles. The summed E-state index contributed by atoms with van der Waals surface area (Å²) in [6.45, 7) is 1.82. The number of hydrogen-bond acceptors (Lipinski definition) is 3. The summed E-state index contributed by atoms with van der Waals surface area (Å²) in [6, 6.07) is 8.18. The molecule has 3 aliphatic rings. The van der Waals surface area contributed by atoms with Crippen molar-refractivity contribution in [2.45, 2.75) is 51.1 Å². The third kappa shape index (κ3) is 3.59. The van der Waals surface area contributed by atoms with Gasteiger partial charge < -0.3 is 15.1 Å². The van der Waals surface area contributed by atoms with Crippen LogP contribution < -0.4 is 10.2 Å². The van der Waals surface area contributed by atoms with Crippen LogP contribution in [0.3, 0.4) is 0 Å². The van der Waals surface area contributed by atoms with Gasteiger partial charge in [-0.05, 0) is 43.4 Å². The van der Waals surface area contributed by atoms with Gasteiger partial charge in [-0.3, -0.25) is 14.4 Å². The summed E-state index contributed by atoms with van der Waals surface area (Å²) in [5.74, 6) is 0.304. The number of piperidine rings is 1. The Morgan fingerprint density at radius 1 is 1.04 bits per heavy atom. The summed E-state index contributed by atoms with van der Waals surface area (Å²) < 4.78 is 0. The molecule has 2 saturated heterocycles. The second-order valence-corrected chi connectivity index (χ2v) is 7.55. The maximum absolute atomic E-state index is 12.5. The lowest BCUT2D eigenvalue weighted by Gasteiger charge is -2.32. The van der Waals surface area contributed by atoms with Gasteiger partial charge in [-0.2, -0.15) is 0 Å². The van der Waals surface area contributed by atoms with Gasteiger partial charge >= 0.3 is 0 Å². The van der Waals surface area contributed by atoms with Gasteiger partial charge in [0.1, 0.15) is 0 Å². The molecule has 2 aliphatic heterocycles. The molecular formula is C20H25N3O3. The standard InChI is InChI=1S/C20H25N3O3/c24-18-2-1-11-22(18)16-6-3-14(4-7-16)12-21-20(26)15-5-10-19(25)23(13-15)17-8-9-17/h3-4,6-7,15,17H,1-2,5,8-13H2,(H,21,26)/t15-/m1/s1. The quantitative estimate of drug-likeness (QED) is 0.876. The first-order valence-electron chi connectivity index (χ1n) is 9.58. The van der Waals surface area contributed by atoms with Crippen molar-refractivity contribution in [2.75, 3.05) is 18.0 Å². The van der Waals surface area contributed by atoms with Crippen molar-refractivity contribution >= 4 is 23.4 Å². The Bertz CT molecular complexity index is 712. The van der Waals surface area contributed by atoms with E-state index < -0.39 is 0 Å². The van der Waals surface area contributed by atoms with Crippen LogP contribution in [0.1, 0.15) is 44.1 Å². The van der Waals surface area contributed by atoms with Crippen LogP contribution in [0, 0.1) is 5.92 Å². The smallest absolute Gasteiger partial charge is 0.227 e. The summed E-state index contributed by atoms with van der Waals surface area (Å²) in [6.07, 6.45) is 4.81. The van der Waals surface area contributed by atoms with Gasteiger partial charge in [0.15, 0.2) is 0 Å². The Labute approximate surface area is 153 Å². The van der Waals surface area contributed by atoms with Crippen LogP contribution in [0.15, 0.2) is 24.3 Å². The van der Waals surface area contributed by atoms with Crippen LogP contribution >= 0.6 is 0 Å². The van der Waals surface area contributed by atoms with Crippen molar-refractivity contribution < 1.29 is 14.4 Å². The number of amides is 3. The van der Waals surface area contributed by atoms with E-state index in [4.69, 9.17) is 0 Å². The highest BCUT2D eigenvalue weighted by Gasteiger charge is 2.38. The van der Waals surface area contributed by atoms with Crippen LogP contribution in [-0.2, 0) is 20.9 Å². The minimum atomic E-state index is -0.102. The molecule has 138 valence electrons. The van der Waals surface area contributed by atoms with E-state index in [1.807, 2.05) is 34.1 Å². The number of carbonyl (C=O) groups excluding carboxylic acids is 3. The lowest BCUT2D eigenvalue weighted by molar-refractivity contribution is -0.138. The van der Waals surface area contributed by atoms with Crippen LogP contribution in [-0.4, -0.2) is 41.8 Å². The Kier molecular flexibility index (Phi) is 4.66. The second-order valence-electron chi connectivity index (χ2n) is 7.55. The van der Waals surface area contributed by atoms with Crippen LogP contribution in [0.2, 0.25) is 0 Å². The zero-order chi connectivity index (χ0) is 18.1. The first kappa shape index (κ1) is 17.1. The summed E-state index contributed by atoms with van der Waals surface area (Å²) in [5, 5.41) is 3.00. The highest BCUT2D eigenvalue weighted by molar-refractivity contribution is 5.95. The predicted octanol–water partition coefficient (Wildman–Crippen LogP) is 1.83. The summed E-state index contributed by atoms with van der Waals surface area (Å²) in [5.41, 5.74) is 1.94. The molecule has 4 rings (SSSR count). The van der Waals surface area contributed by atoms with Gasteiger partial charge in [-0.25, -0.2) is 0 Å². The number of nitrogens with one attached hydrogen (secondary N) is 1. The van der Waals surface area contributed by atoms with E-state index in [9.17, 15) is 14.4 Å². The maximum atomic E-state index is 12.5. The van der Waals surface area contributed by atoms with Gasteiger partial charge in [0.05, 0.1) is 5.92 Å². The monoisotopic (exact) mass is 355 g/mol. The second kappa shape index (κ2) is 7.09. The molecule has 26 heavy (non-hydrogen) atoms. The Morgan fingerprint density at radius 3 is 2.46 bits per heavy atom. The molecule has 6 nitrogen and oxygen atoms in total. The van der Waals surface area contributed by atoms with E-state index >= 15 is 0 Å². The van der Waals surface area contributed by atoms with Crippen molar-refractivity contribution in [3.63, 3.8) is 0 Å². The molecule has 3 fully saturated rings. The average molecular weight is 355 g/mol. The van der Waals surface area contributed by atoms with Gasteiger partial charge in [-0.15, -0.1) is 0 Å². The molecule has 1 N–H and O–H groups in total. The van der Waals surface area contributed by atoms with E-state index in [2.05, 4.69) is 5.32 Å². The van der Waals surface area contributed by atoms with Crippen LogP contribution in [0.5, 0.6) is 0 Å². The normalized spacial score (nSPS) is 23.5. The Hall–Kier alpha value is -2.37. The maximum Gasteiger partial charge on any atom is 0.227 e. The van der Waals surface area contributed by atoms with E-state index in [-0.39, 0.29) is 23.6 Å². The Morgan fingerprint density at radius 2 is 1.81 bits per heavy atom. The van der Waals surface area contributed by atoms with Crippen molar-refractivity contribution in [1.82, 2.24) is 10.2 Å². The fourth-order valence-electron chi connectivity index (χ4n) is 3.87. The van der Waals surface area contributed by atoms with Gasteiger partial charge in [0, 0.05) is 44.2 Å². The molecule has 1 aromatic rings. The predicted molar refractivity (Wildman–Crippen MR) is 97.3 cm³/mol. The highest BCUT2D eigenvalue weighted by Crippen LogP contribution is 2.31. The van der Waals surface area contributed by atoms with E-state index in [1.54, 1.807) is 0 Å². The number of nitrogens with zero attached hydrogens (tertiary/aromatic N) is 2. The van der Waals surface area contributed by atoms with E-state index in [0.29, 0.717) is 38.4 Å². The first-order valence-corrected chi connectivity index (χ1v) is 9.58. The first-order chi connectivity index (χ1) is 12.6. The van der Waals surface area contributed by atoms with Crippen molar-refractivity contribution in [1.29, 1.82) is 0 Å². The lowest BCUT2D eigenvalue weighted by Crippen LogP contribution is -2.46. The molecule has 3 amide bonds. The molecular weight excluding hydrogens is 330 g/mol. The Balaban J connectivity index is 1.30. The van der Waals surface area contributed by atoms with Gasteiger partial charge in [0.2, 0.25) is 17.7 Å². The van der Waals surface area contributed by atoms with Crippen molar-refractivity contribution in [2.24, 2.45) is 5.92 Å². The van der Waals surface area contributed by atoms with E-state index in [0.717, 1.165) is 37.1 Å². The molecule has 1 aliphatic carbocycles. The SMILES string of the molecule is O=C(NCc1ccc(N2CCCC2=O)cc1)[C@@H]1CCC(=O)N(C2CC2)C1. The molecule has 0 radical (unpaired) electrons. The minimum Gasteiger partial charge on any atom is -0.352 e. The minimum absolute atomic E-state index is 0.0296. The molecule has 6 heteroatoms. The van der Waals surface area contributed by atoms with Gasteiger partial charge in [-0.1, -0.05) is 12.1 Å². The molecule has 0 aromatic heterocycles. The average Bonchev–Trinajstić information content (AvgIpc) is 3.41. The molecule has 2 heterocycles. The summed E-state index contributed by atoms with van der Waals surface area (Å²) in [7, 11) is 0. The topological polar surface area (TPSA) is 69.7 Å². The molecule has 0 spiro atoms.